The minimum atomic E-state index is -0.554. The van der Waals surface area contributed by atoms with Crippen LogP contribution in [-0.4, -0.2) is 26.2 Å². The number of carbonyl (C=O) groups is 2. The first kappa shape index (κ1) is 12.2. The molecule has 0 aromatic rings. The van der Waals surface area contributed by atoms with E-state index < -0.39 is 11.9 Å². The molecule has 0 aliphatic carbocycles. The molecule has 4 nitrogen and oxygen atoms in total. The summed E-state index contributed by atoms with van der Waals surface area (Å²) >= 11 is 0. The molecule has 0 spiro atoms. The topological polar surface area (TPSA) is 52.6 Å². The van der Waals surface area contributed by atoms with Gasteiger partial charge in [0.1, 0.15) is 0 Å². The highest BCUT2D eigenvalue weighted by molar-refractivity contribution is 5.88. The second-order valence-electron chi connectivity index (χ2n) is 2.26. The Bertz CT molecular complexity index is 280. The fourth-order valence-corrected chi connectivity index (χ4v) is 0.589. The average Bonchev–Trinajstić information content (AvgIpc) is 2.22. The van der Waals surface area contributed by atoms with Gasteiger partial charge in [0.05, 0.1) is 14.2 Å². The zero-order valence-electron chi connectivity index (χ0n) is 8.20. The summed E-state index contributed by atoms with van der Waals surface area (Å²) < 4.78 is 8.68. The maximum Gasteiger partial charge on any atom is 0.384 e. The molecule has 0 aliphatic heterocycles. The van der Waals surface area contributed by atoms with Gasteiger partial charge >= 0.3 is 11.9 Å². The number of allylic oxidation sites excluding steroid dienone is 1. The van der Waals surface area contributed by atoms with Gasteiger partial charge in [-0.1, -0.05) is 12.0 Å². The zero-order chi connectivity index (χ0) is 10.8. The Morgan fingerprint density at radius 2 is 2.00 bits per heavy atom. The monoisotopic (exact) mass is 196 g/mol. The number of hydrogen-bond donors (Lipinski definition) is 0. The number of hydrogen-bond acceptors (Lipinski definition) is 4. The van der Waals surface area contributed by atoms with E-state index >= 15 is 0 Å². The smallest absolute Gasteiger partial charge is 0.384 e. The van der Waals surface area contributed by atoms with Crippen molar-refractivity contribution in [3.05, 3.63) is 12.2 Å². The number of rotatable bonds is 3. The van der Waals surface area contributed by atoms with Gasteiger partial charge in [-0.15, -0.1) is 0 Å². The normalized spacial score (nSPS) is 9.00. The molecule has 14 heavy (non-hydrogen) atoms. The number of ether oxygens (including phenoxy) is 2. The molecule has 0 heterocycles. The lowest BCUT2D eigenvalue weighted by atomic mass is 10.3. The van der Waals surface area contributed by atoms with E-state index in [1.165, 1.54) is 20.3 Å². The van der Waals surface area contributed by atoms with E-state index in [0.717, 1.165) is 0 Å². The molecular weight excluding hydrogens is 184 g/mol. The number of unbranched alkanes of at least 4 members (excludes halogenated alkanes) is 1. The van der Waals surface area contributed by atoms with Gasteiger partial charge in [0, 0.05) is 18.4 Å². The lowest BCUT2D eigenvalue weighted by Gasteiger charge is -1.88. The number of esters is 2. The summed E-state index contributed by atoms with van der Waals surface area (Å²) in [5.41, 5.74) is 0. The predicted molar refractivity (Wildman–Crippen MR) is 50.2 cm³/mol. The molecular formula is C10H12O4. The summed E-state index contributed by atoms with van der Waals surface area (Å²) in [7, 11) is 2.58. The van der Waals surface area contributed by atoms with Crippen molar-refractivity contribution in [1.82, 2.24) is 0 Å². The molecule has 0 bridgehead atoms. The fourth-order valence-electron chi connectivity index (χ4n) is 0.589. The van der Waals surface area contributed by atoms with Crippen molar-refractivity contribution >= 4 is 11.9 Å². The maximum absolute atomic E-state index is 10.6. The Labute approximate surface area is 82.9 Å². The zero-order valence-corrected chi connectivity index (χ0v) is 8.20. The molecule has 0 aromatic carbocycles. The summed E-state index contributed by atoms with van der Waals surface area (Å²) in [5.74, 6) is 3.92. The Morgan fingerprint density at radius 1 is 1.29 bits per heavy atom. The lowest BCUT2D eigenvalue weighted by Crippen LogP contribution is -1.94. The van der Waals surface area contributed by atoms with Crippen LogP contribution >= 0.6 is 0 Å². The third-order valence-corrected chi connectivity index (χ3v) is 1.27. The molecule has 0 unspecified atom stereocenters. The van der Waals surface area contributed by atoms with Crippen LogP contribution in [0.15, 0.2) is 12.2 Å². The van der Waals surface area contributed by atoms with E-state index in [4.69, 9.17) is 0 Å². The van der Waals surface area contributed by atoms with Crippen molar-refractivity contribution in [3.8, 4) is 11.8 Å². The highest BCUT2D eigenvalue weighted by atomic mass is 16.5. The van der Waals surface area contributed by atoms with Gasteiger partial charge in [-0.2, -0.15) is 0 Å². The first-order valence-electron chi connectivity index (χ1n) is 4.02. The molecule has 0 atom stereocenters. The molecule has 0 saturated carbocycles. The molecule has 0 radical (unpaired) electrons. The summed E-state index contributed by atoms with van der Waals surface area (Å²) in [4.78, 5) is 21.1. The summed E-state index contributed by atoms with van der Waals surface area (Å²) in [6.45, 7) is 0. The summed E-state index contributed by atoms with van der Waals surface area (Å²) in [5, 5.41) is 0. The molecule has 0 rings (SSSR count). The Morgan fingerprint density at radius 3 is 2.57 bits per heavy atom. The van der Waals surface area contributed by atoms with Crippen LogP contribution in [0.3, 0.4) is 0 Å². The molecule has 0 fully saturated rings. The van der Waals surface area contributed by atoms with Crippen LogP contribution in [0.4, 0.5) is 0 Å². The molecule has 4 heteroatoms. The minimum Gasteiger partial charge on any atom is -0.466 e. The largest absolute Gasteiger partial charge is 0.466 e. The van der Waals surface area contributed by atoms with E-state index in [1.807, 2.05) is 0 Å². The van der Waals surface area contributed by atoms with Crippen molar-refractivity contribution in [2.24, 2.45) is 0 Å². The van der Waals surface area contributed by atoms with Gasteiger partial charge in [0.25, 0.3) is 0 Å². The Balaban J connectivity index is 3.64. The van der Waals surface area contributed by atoms with Crippen LogP contribution in [-0.2, 0) is 19.1 Å². The van der Waals surface area contributed by atoms with Crippen molar-refractivity contribution in [1.29, 1.82) is 0 Å². The molecule has 0 saturated heterocycles. The second-order valence-corrected chi connectivity index (χ2v) is 2.26. The van der Waals surface area contributed by atoms with E-state index in [-0.39, 0.29) is 0 Å². The van der Waals surface area contributed by atoms with E-state index in [0.29, 0.717) is 12.8 Å². The number of methoxy groups -OCH3 is 2. The van der Waals surface area contributed by atoms with Gasteiger partial charge in [-0.05, 0) is 6.42 Å². The minimum absolute atomic E-state index is 0.397. The van der Waals surface area contributed by atoms with Gasteiger partial charge in [-0.25, -0.2) is 9.59 Å². The third-order valence-electron chi connectivity index (χ3n) is 1.27. The van der Waals surface area contributed by atoms with Crippen molar-refractivity contribution in [3.63, 3.8) is 0 Å². The molecule has 0 amide bonds. The first-order chi connectivity index (χ1) is 6.70. The summed E-state index contributed by atoms with van der Waals surface area (Å²) in [6.07, 6.45) is 4.05. The van der Waals surface area contributed by atoms with E-state index in [9.17, 15) is 9.59 Å². The van der Waals surface area contributed by atoms with Crippen LogP contribution in [0, 0.1) is 11.8 Å². The van der Waals surface area contributed by atoms with Crippen molar-refractivity contribution in [2.45, 2.75) is 12.8 Å². The number of carbonyl (C=O) groups excluding carboxylic acids is 2. The lowest BCUT2D eigenvalue weighted by molar-refractivity contribution is -0.135. The Hall–Kier alpha value is -1.76. The van der Waals surface area contributed by atoms with Gasteiger partial charge in [0.15, 0.2) is 0 Å². The highest BCUT2D eigenvalue weighted by Gasteiger charge is 1.89. The van der Waals surface area contributed by atoms with Crippen molar-refractivity contribution in [2.75, 3.05) is 14.2 Å². The van der Waals surface area contributed by atoms with Gasteiger partial charge in [-0.3, -0.25) is 0 Å². The average molecular weight is 196 g/mol. The predicted octanol–water partition coefficient (Wildman–Crippen LogP) is 0.672. The quantitative estimate of drug-likeness (QED) is 0.219. The van der Waals surface area contributed by atoms with Gasteiger partial charge in [0.2, 0.25) is 0 Å². The highest BCUT2D eigenvalue weighted by Crippen LogP contribution is 1.89. The van der Waals surface area contributed by atoms with Crippen molar-refractivity contribution < 1.29 is 19.1 Å². The van der Waals surface area contributed by atoms with Crippen LogP contribution < -0.4 is 0 Å². The van der Waals surface area contributed by atoms with Crippen LogP contribution in [0.25, 0.3) is 0 Å². The fraction of sp³-hybridized carbons (Fsp3) is 0.400. The van der Waals surface area contributed by atoms with Gasteiger partial charge < -0.3 is 9.47 Å². The van der Waals surface area contributed by atoms with Crippen LogP contribution in [0.5, 0.6) is 0 Å². The SMILES string of the molecule is COC(=O)C#CCC/C=C/C(=O)OC. The van der Waals surface area contributed by atoms with E-state index in [2.05, 4.69) is 21.3 Å². The van der Waals surface area contributed by atoms with Crippen LogP contribution in [0.1, 0.15) is 12.8 Å². The third kappa shape index (κ3) is 6.92. The molecule has 76 valence electrons. The van der Waals surface area contributed by atoms with E-state index in [1.54, 1.807) is 6.08 Å². The standard InChI is InChI=1S/C10H12O4/c1-13-9(11)7-5-3-4-6-8-10(12)14-2/h5,7H,3-4H2,1-2H3/b7-5+. The maximum atomic E-state index is 10.6. The second kappa shape index (κ2) is 7.87. The molecule has 0 aromatic heterocycles. The summed E-state index contributed by atoms with van der Waals surface area (Å²) in [6, 6.07) is 0. The first-order valence-corrected chi connectivity index (χ1v) is 4.02. The molecule has 0 aliphatic rings. The Kier molecular flexibility index (Phi) is 6.88. The van der Waals surface area contributed by atoms with Crippen LogP contribution in [0.2, 0.25) is 0 Å². The molecule has 0 N–H and O–H groups in total.